The van der Waals surface area contributed by atoms with Crippen molar-refractivity contribution in [3.8, 4) is 11.3 Å². The van der Waals surface area contributed by atoms with E-state index in [-0.39, 0.29) is 11.6 Å². The van der Waals surface area contributed by atoms with Crippen LogP contribution in [0.4, 0.5) is 4.39 Å². The normalized spacial score (nSPS) is 12.7. The molecule has 0 spiro atoms. The number of halogens is 1. The van der Waals surface area contributed by atoms with Crippen molar-refractivity contribution in [3.63, 3.8) is 0 Å². The van der Waals surface area contributed by atoms with Crippen LogP contribution >= 0.6 is 0 Å². The summed E-state index contributed by atoms with van der Waals surface area (Å²) in [5, 5.41) is 2.58. The summed E-state index contributed by atoms with van der Waals surface area (Å²) in [6.07, 6.45) is 1.69. The molecule has 0 fully saturated rings. The summed E-state index contributed by atoms with van der Waals surface area (Å²) >= 11 is 0. The Morgan fingerprint density at radius 3 is 2.65 bits per heavy atom. The summed E-state index contributed by atoms with van der Waals surface area (Å²) in [5.74, 6) is -0.566. The molecule has 0 aliphatic heterocycles. The molecule has 2 heterocycles. The van der Waals surface area contributed by atoms with Crippen LogP contribution in [0.15, 0.2) is 54.7 Å². The molecule has 0 unspecified atom stereocenters. The Morgan fingerprint density at radius 1 is 0.870 bits per heavy atom. The summed E-state index contributed by atoms with van der Waals surface area (Å²) in [5.41, 5.74) is 2.75. The van der Waals surface area contributed by atoms with Gasteiger partial charge in [-0.2, -0.15) is 0 Å². The van der Waals surface area contributed by atoms with Gasteiger partial charge in [0, 0.05) is 28.1 Å². The van der Waals surface area contributed by atoms with Gasteiger partial charge in [0.05, 0.1) is 11.2 Å². The van der Waals surface area contributed by atoms with Crippen LogP contribution < -0.4 is 0 Å². The van der Waals surface area contributed by atoms with Gasteiger partial charge >= 0.3 is 0 Å². The van der Waals surface area contributed by atoms with Crippen molar-refractivity contribution in [2.75, 3.05) is 0 Å². The number of aromatic nitrogens is 2. The maximum atomic E-state index is 13.7. The van der Waals surface area contributed by atoms with Crippen LogP contribution in [0.2, 0.25) is 0 Å². The highest BCUT2D eigenvalue weighted by atomic mass is 19.1. The molecule has 2 aromatic heterocycles. The van der Waals surface area contributed by atoms with Crippen molar-refractivity contribution in [3.05, 3.63) is 71.8 Å². The molecule has 0 bridgehead atoms. The summed E-state index contributed by atoms with van der Waals surface area (Å²) in [6.45, 7) is 0. The molecule has 1 aliphatic rings. The molecule has 4 heteroatoms. The number of para-hydroxylation sites is 1. The summed E-state index contributed by atoms with van der Waals surface area (Å²) < 4.78 is 13.7. The predicted molar refractivity (Wildman–Crippen MR) is 85.9 cm³/mol. The summed E-state index contributed by atoms with van der Waals surface area (Å²) in [4.78, 5) is 21.8. The van der Waals surface area contributed by atoms with Gasteiger partial charge in [-0.25, -0.2) is 9.37 Å². The van der Waals surface area contributed by atoms with Gasteiger partial charge in [0.15, 0.2) is 0 Å². The van der Waals surface area contributed by atoms with Crippen molar-refractivity contribution in [2.45, 2.75) is 0 Å². The molecule has 0 atom stereocenters. The molecule has 0 saturated carbocycles. The van der Waals surface area contributed by atoms with Crippen LogP contribution in [-0.4, -0.2) is 15.8 Å². The first-order chi connectivity index (χ1) is 11.2. The Kier molecular flexibility index (Phi) is 2.26. The Hall–Kier alpha value is -3.14. The zero-order valence-corrected chi connectivity index (χ0v) is 11.9. The van der Waals surface area contributed by atoms with Gasteiger partial charge in [0.2, 0.25) is 5.78 Å². The molecule has 23 heavy (non-hydrogen) atoms. The number of fused-ring (bicyclic) bond motifs is 4. The van der Waals surface area contributed by atoms with Gasteiger partial charge in [-0.15, -0.1) is 0 Å². The number of rotatable bonds is 0. The first-order valence-electron chi connectivity index (χ1n) is 7.26. The third-order valence-corrected chi connectivity index (χ3v) is 4.31. The number of nitrogens with zero attached hydrogens (tertiary/aromatic N) is 2. The lowest BCUT2D eigenvalue weighted by molar-refractivity contribution is 0.103. The van der Waals surface area contributed by atoms with E-state index in [9.17, 15) is 9.18 Å². The first kappa shape index (κ1) is 12.4. The fraction of sp³-hybridized carbons (Fsp3) is 0. The molecule has 0 radical (unpaired) electrons. The summed E-state index contributed by atoms with van der Waals surface area (Å²) in [6, 6.07) is 13.7. The average molecular weight is 300 g/mol. The third-order valence-electron chi connectivity index (χ3n) is 4.31. The molecular weight excluding hydrogens is 291 g/mol. The zero-order chi connectivity index (χ0) is 15.6. The second-order valence-electron chi connectivity index (χ2n) is 5.58. The molecule has 0 amide bonds. The number of carbonyl (C=O) groups is 1. The zero-order valence-electron chi connectivity index (χ0n) is 11.9. The lowest BCUT2D eigenvalue weighted by atomic mass is 9.87. The Labute approximate surface area is 130 Å². The highest BCUT2D eigenvalue weighted by Crippen LogP contribution is 2.39. The molecule has 2 aromatic carbocycles. The highest BCUT2D eigenvalue weighted by molar-refractivity contribution is 6.27. The smallest absolute Gasteiger partial charge is 0.212 e. The van der Waals surface area contributed by atoms with Gasteiger partial charge in [-0.3, -0.25) is 9.78 Å². The van der Waals surface area contributed by atoms with Crippen LogP contribution in [0.3, 0.4) is 0 Å². The van der Waals surface area contributed by atoms with Crippen LogP contribution in [0.5, 0.6) is 0 Å². The average Bonchev–Trinajstić information content (AvgIpc) is 2.59. The van der Waals surface area contributed by atoms with Gasteiger partial charge in [0.1, 0.15) is 11.5 Å². The van der Waals surface area contributed by atoms with E-state index in [1.54, 1.807) is 6.20 Å². The molecule has 4 aromatic rings. The SMILES string of the molecule is O=C1c2ccc(F)cc2-c2nccc3c2c1nc1ccccc13. The minimum absolute atomic E-state index is 0.184. The molecule has 1 aliphatic carbocycles. The van der Waals surface area contributed by atoms with Gasteiger partial charge in [-0.05, 0) is 35.7 Å². The van der Waals surface area contributed by atoms with Crippen LogP contribution in [-0.2, 0) is 0 Å². The van der Waals surface area contributed by atoms with Crippen LogP contribution in [0, 0.1) is 5.82 Å². The van der Waals surface area contributed by atoms with Crippen molar-refractivity contribution in [1.29, 1.82) is 0 Å². The van der Waals surface area contributed by atoms with E-state index in [0.717, 1.165) is 16.3 Å². The molecule has 3 nitrogen and oxygen atoms in total. The predicted octanol–water partition coefficient (Wildman–Crippen LogP) is 4.13. The van der Waals surface area contributed by atoms with Gasteiger partial charge in [-0.1, -0.05) is 18.2 Å². The van der Waals surface area contributed by atoms with Gasteiger partial charge < -0.3 is 0 Å². The number of hydrogen-bond donors (Lipinski definition) is 0. The fourth-order valence-electron chi connectivity index (χ4n) is 3.31. The lowest BCUT2D eigenvalue weighted by Gasteiger charge is -2.19. The van der Waals surface area contributed by atoms with E-state index in [0.29, 0.717) is 27.9 Å². The minimum Gasteiger partial charge on any atom is -0.287 e. The maximum Gasteiger partial charge on any atom is 0.212 e. The number of benzene rings is 2. The number of hydrogen-bond acceptors (Lipinski definition) is 3. The molecule has 0 N–H and O–H groups in total. The lowest BCUT2D eigenvalue weighted by Crippen LogP contribution is -2.13. The Morgan fingerprint density at radius 2 is 1.74 bits per heavy atom. The molecule has 108 valence electrons. The van der Waals surface area contributed by atoms with Crippen molar-refractivity contribution >= 4 is 27.5 Å². The van der Waals surface area contributed by atoms with Crippen LogP contribution in [0.1, 0.15) is 16.1 Å². The van der Waals surface area contributed by atoms with E-state index in [1.165, 1.54) is 18.2 Å². The van der Waals surface area contributed by atoms with Gasteiger partial charge in [0.25, 0.3) is 0 Å². The topological polar surface area (TPSA) is 42.9 Å². The van der Waals surface area contributed by atoms with Crippen LogP contribution in [0.25, 0.3) is 32.9 Å². The quantitative estimate of drug-likeness (QED) is 0.404. The fourth-order valence-corrected chi connectivity index (χ4v) is 3.31. The van der Waals surface area contributed by atoms with E-state index in [1.807, 2.05) is 30.3 Å². The number of carbonyl (C=O) groups excluding carboxylic acids is 1. The second-order valence-corrected chi connectivity index (χ2v) is 5.58. The Balaban J connectivity index is 2.06. The summed E-state index contributed by atoms with van der Waals surface area (Å²) in [7, 11) is 0. The standard InChI is InChI=1S/C19H9FN2O/c20-10-5-6-13-14(9-10)17-16-12(7-8-21-17)11-3-1-2-4-15(11)22-18(16)19(13)23/h1-9H. The number of pyridine rings is 2. The Bertz CT molecular complexity index is 1150. The third kappa shape index (κ3) is 1.55. The second kappa shape index (κ2) is 4.20. The van der Waals surface area contributed by atoms with Crippen molar-refractivity contribution in [1.82, 2.24) is 9.97 Å². The first-order valence-corrected chi connectivity index (χ1v) is 7.26. The minimum atomic E-state index is -0.382. The van der Waals surface area contributed by atoms with E-state index >= 15 is 0 Å². The maximum absolute atomic E-state index is 13.7. The van der Waals surface area contributed by atoms with E-state index in [2.05, 4.69) is 9.97 Å². The van der Waals surface area contributed by atoms with Crippen molar-refractivity contribution in [2.24, 2.45) is 0 Å². The largest absolute Gasteiger partial charge is 0.287 e. The molecular formula is C19H9FN2O. The molecule has 5 rings (SSSR count). The molecule has 0 saturated heterocycles. The monoisotopic (exact) mass is 300 g/mol. The van der Waals surface area contributed by atoms with Crippen molar-refractivity contribution < 1.29 is 9.18 Å². The highest BCUT2D eigenvalue weighted by Gasteiger charge is 2.28. The number of ketones is 1. The van der Waals surface area contributed by atoms with E-state index < -0.39 is 0 Å². The van der Waals surface area contributed by atoms with E-state index in [4.69, 9.17) is 0 Å².